The summed E-state index contributed by atoms with van der Waals surface area (Å²) in [5, 5.41) is 3.29. The number of nitrogens with one attached hydrogen (secondary N) is 1. The Morgan fingerprint density at radius 1 is 1.50 bits per heavy atom. The summed E-state index contributed by atoms with van der Waals surface area (Å²) in [5.74, 6) is -0.0441. The Bertz CT molecular complexity index is 429. The van der Waals surface area contributed by atoms with E-state index in [4.69, 9.17) is 9.47 Å². The second kappa shape index (κ2) is 7.64. The van der Waals surface area contributed by atoms with E-state index in [2.05, 4.69) is 21.2 Å². The summed E-state index contributed by atoms with van der Waals surface area (Å²) in [7, 11) is 0. The molecule has 1 aromatic carbocycles. The lowest BCUT2D eigenvalue weighted by Crippen LogP contribution is -2.42. The van der Waals surface area contributed by atoms with Crippen LogP contribution in [-0.4, -0.2) is 31.8 Å². The van der Waals surface area contributed by atoms with E-state index in [1.165, 1.54) is 0 Å². The smallest absolute Gasteiger partial charge is 0.328 e. The fourth-order valence-electron chi connectivity index (χ4n) is 2.36. The molecule has 0 spiro atoms. The lowest BCUT2D eigenvalue weighted by atomic mass is 9.93. The molecule has 0 radical (unpaired) electrons. The Labute approximate surface area is 128 Å². The fraction of sp³-hybridized carbons (Fsp3) is 0.533. The first-order valence-electron chi connectivity index (χ1n) is 6.97. The molecule has 0 aliphatic carbocycles. The maximum atomic E-state index is 12.2. The summed E-state index contributed by atoms with van der Waals surface area (Å²) in [5.41, 5.74) is 0.914. The van der Waals surface area contributed by atoms with Crippen molar-refractivity contribution in [1.29, 1.82) is 0 Å². The van der Waals surface area contributed by atoms with Crippen molar-refractivity contribution in [3.05, 3.63) is 28.7 Å². The maximum absolute atomic E-state index is 12.2. The zero-order valence-corrected chi connectivity index (χ0v) is 13.2. The van der Waals surface area contributed by atoms with Gasteiger partial charge in [-0.3, -0.25) is 0 Å². The Kier molecular flexibility index (Phi) is 5.86. The summed E-state index contributed by atoms with van der Waals surface area (Å²) in [6.07, 6.45) is 1.97. The SMILES string of the molecule is CCOC(=O)C(Nc1ccc(Br)cc1)C1CCCOC1. The number of halogens is 1. The minimum Gasteiger partial charge on any atom is -0.464 e. The molecule has 2 rings (SSSR count). The van der Waals surface area contributed by atoms with Crippen LogP contribution in [0, 0.1) is 5.92 Å². The van der Waals surface area contributed by atoms with Crippen molar-refractivity contribution in [2.75, 3.05) is 25.1 Å². The number of benzene rings is 1. The van der Waals surface area contributed by atoms with E-state index in [1.54, 1.807) is 0 Å². The van der Waals surface area contributed by atoms with Gasteiger partial charge >= 0.3 is 5.97 Å². The van der Waals surface area contributed by atoms with Gasteiger partial charge in [0, 0.05) is 22.7 Å². The van der Waals surface area contributed by atoms with Gasteiger partial charge in [-0.2, -0.15) is 0 Å². The minimum atomic E-state index is -0.351. The quantitative estimate of drug-likeness (QED) is 0.835. The predicted octanol–water partition coefficient (Wildman–Crippen LogP) is 3.22. The molecule has 20 heavy (non-hydrogen) atoms. The van der Waals surface area contributed by atoms with Crippen molar-refractivity contribution in [3.63, 3.8) is 0 Å². The average molecular weight is 342 g/mol. The van der Waals surface area contributed by atoms with Gasteiger partial charge in [-0.15, -0.1) is 0 Å². The third-order valence-electron chi connectivity index (χ3n) is 3.37. The molecular formula is C15H20BrNO3. The zero-order valence-electron chi connectivity index (χ0n) is 11.6. The highest BCUT2D eigenvalue weighted by Crippen LogP contribution is 2.23. The highest BCUT2D eigenvalue weighted by Gasteiger charge is 2.31. The van der Waals surface area contributed by atoms with Crippen LogP contribution in [0.25, 0.3) is 0 Å². The number of esters is 1. The third kappa shape index (κ3) is 4.21. The standard InChI is InChI=1S/C15H20BrNO3/c1-2-20-15(18)14(11-4-3-9-19-10-11)17-13-7-5-12(16)6-8-13/h5-8,11,14,17H,2-4,9-10H2,1H3. The molecule has 1 heterocycles. The Morgan fingerprint density at radius 2 is 2.25 bits per heavy atom. The summed E-state index contributed by atoms with van der Waals surface area (Å²) >= 11 is 3.40. The maximum Gasteiger partial charge on any atom is 0.328 e. The van der Waals surface area contributed by atoms with Crippen molar-refractivity contribution in [3.8, 4) is 0 Å². The van der Waals surface area contributed by atoms with E-state index in [0.29, 0.717) is 13.2 Å². The summed E-state index contributed by atoms with van der Waals surface area (Å²) in [6, 6.07) is 7.43. The van der Waals surface area contributed by atoms with Crippen molar-refractivity contribution < 1.29 is 14.3 Å². The van der Waals surface area contributed by atoms with E-state index < -0.39 is 0 Å². The van der Waals surface area contributed by atoms with Gasteiger partial charge < -0.3 is 14.8 Å². The van der Waals surface area contributed by atoms with Crippen LogP contribution in [0.2, 0.25) is 0 Å². The molecule has 2 atom stereocenters. The molecule has 0 bridgehead atoms. The molecular weight excluding hydrogens is 322 g/mol. The van der Waals surface area contributed by atoms with E-state index >= 15 is 0 Å². The van der Waals surface area contributed by atoms with Gasteiger partial charge in [0.15, 0.2) is 0 Å². The molecule has 1 aliphatic heterocycles. The van der Waals surface area contributed by atoms with E-state index in [0.717, 1.165) is 29.6 Å². The van der Waals surface area contributed by atoms with Crippen LogP contribution in [0.5, 0.6) is 0 Å². The van der Waals surface area contributed by atoms with Gasteiger partial charge in [-0.1, -0.05) is 15.9 Å². The highest BCUT2D eigenvalue weighted by molar-refractivity contribution is 9.10. The summed E-state index contributed by atoms with van der Waals surface area (Å²) in [4.78, 5) is 12.2. The van der Waals surface area contributed by atoms with Gasteiger partial charge in [-0.25, -0.2) is 4.79 Å². The molecule has 110 valence electrons. The molecule has 0 aromatic heterocycles. The monoisotopic (exact) mass is 341 g/mol. The molecule has 4 nitrogen and oxygen atoms in total. The molecule has 0 saturated carbocycles. The number of hydrogen-bond donors (Lipinski definition) is 1. The lowest BCUT2D eigenvalue weighted by molar-refractivity contribution is -0.146. The molecule has 1 saturated heterocycles. The van der Waals surface area contributed by atoms with E-state index in [1.807, 2.05) is 31.2 Å². The van der Waals surface area contributed by atoms with Crippen LogP contribution in [0.1, 0.15) is 19.8 Å². The molecule has 5 heteroatoms. The number of carbonyl (C=O) groups excluding carboxylic acids is 1. The summed E-state index contributed by atoms with van der Waals surface area (Å²) < 4.78 is 11.7. The fourth-order valence-corrected chi connectivity index (χ4v) is 2.62. The predicted molar refractivity (Wildman–Crippen MR) is 81.7 cm³/mol. The minimum absolute atomic E-state index is 0.159. The first-order valence-corrected chi connectivity index (χ1v) is 7.76. The third-order valence-corrected chi connectivity index (χ3v) is 3.90. The largest absolute Gasteiger partial charge is 0.464 e. The number of hydrogen-bond acceptors (Lipinski definition) is 4. The summed E-state index contributed by atoms with van der Waals surface area (Å²) in [6.45, 7) is 3.61. The average Bonchev–Trinajstić information content (AvgIpc) is 2.48. The van der Waals surface area contributed by atoms with Gasteiger partial charge in [-0.05, 0) is 44.0 Å². The van der Waals surface area contributed by atoms with Gasteiger partial charge in [0.1, 0.15) is 6.04 Å². The number of anilines is 1. The Balaban J connectivity index is 2.08. The van der Waals surface area contributed by atoms with Crippen LogP contribution in [0.3, 0.4) is 0 Å². The van der Waals surface area contributed by atoms with Crippen LogP contribution >= 0.6 is 15.9 Å². The van der Waals surface area contributed by atoms with Crippen LogP contribution in [0.4, 0.5) is 5.69 Å². The van der Waals surface area contributed by atoms with E-state index in [9.17, 15) is 4.79 Å². The number of rotatable bonds is 5. The van der Waals surface area contributed by atoms with Gasteiger partial charge in [0.2, 0.25) is 0 Å². The van der Waals surface area contributed by atoms with Crippen molar-refractivity contribution in [2.24, 2.45) is 5.92 Å². The molecule has 1 aliphatic rings. The highest BCUT2D eigenvalue weighted by atomic mass is 79.9. The van der Waals surface area contributed by atoms with Gasteiger partial charge in [0.05, 0.1) is 13.2 Å². The van der Waals surface area contributed by atoms with Gasteiger partial charge in [0.25, 0.3) is 0 Å². The Morgan fingerprint density at radius 3 is 2.85 bits per heavy atom. The Hall–Kier alpha value is -1.07. The second-order valence-corrected chi connectivity index (χ2v) is 5.77. The molecule has 1 N–H and O–H groups in total. The second-order valence-electron chi connectivity index (χ2n) is 4.86. The molecule has 0 amide bonds. The normalized spacial score (nSPS) is 20.2. The molecule has 1 aromatic rings. The zero-order chi connectivity index (χ0) is 14.4. The topological polar surface area (TPSA) is 47.6 Å². The van der Waals surface area contributed by atoms with Crippen LogP contribution in [0.15, 0.2) is 28.7 Å². The van der Waals surface area contributed by atoms with Crippen molar-refractivity contribution in [1.82, 2.24) is 0 Å². The first-order chi connectivity index (χ1) is 9.70. The van der Waals surface area contributed by atoms with Crippen LogP contribution < -0.4 is 5.32 Å². The van der Waals surface area contributed by atoms with Crippen molar-refractivity contribution >= 4 is 27.6 Å². The van der Waals surface area contributed by atoms with Crippen molar-refractivity contribution in [2.45, 2.75) is 25.8 Å². The number of ether oxygens (including phenoxy) is 2. The van der Waals surface area contributed by atoms with E-state index in [-0.39, 0.29) is 17.9 Å². The molecule has 1 fully saturated rings. The molecule has 2 unspecified atom stereocenters. The lowest BCUT2D eigenvalue weighted by Gasteiger charge is -2.30. The first kappa shape index (κ1) is 15.3. The number of carbonyl (C=O) groups is 1. The van der Waals surface area contributed by atoms with Crippen LogP contribution in [-0.2, 0) is 14.3 Å².